The molecule has 5 rings (SSSR count). The fraction of sp³-hybridized carbons (Fsp3) is 0.0417. The third-order valence-corrected chi connectivity index (χ3v) is 6.44. The van der Waals surface area contributed by atoms with Crippen molar-refractivity contribution >= 4 is 50.2 Å². The minimum atomic E-state index is -0.456. The second-order valence-corrected chi connectivity index (χ2v) is 9.09. The maximum Gasteiger partial charge on any atom is 0.275 e. The van der Waals surface area contributed by atoms with Crippen LogP contribution in [0.5, 0.6) is 5.88 Å². The maximum absolute atomic E-state index is 12.5. The summed E-state index contributed by atoms with van der Waals surface area (Å²) >= 11 is 4.67. The van der Waals surface area contributed by atoms with Crippen LogP contribution in [0.3, 0.4) is 0 Å². The Morgan fingerprint density at radius 3 is 2.53 bits per heavy atom. The van der Waals surface area contributed by atoms with Gasteiger partial charge in [0, 0.05) is 21.1 Å². The number of aromatic nitrogens is 4. The van der Waals surface area contributed by atoms with Gasteiger partial charge in [0.1, 0.15) is 0 Å². The van der Waals surface area contributed by atoms with Crippen LogP contribution < -0.4 is 0 Å². The smallest absolute Gasteiger partial charge is 0.275 e. The number of fused-ring (bicyclic) bond motifs is 1. The van der Waals surface area contributed by atoms with Crippen LogP contribution in [-0.4, -0.2) is 36.5 Å². The third-order valence-electron chi connectivity index (χ3n) is 5.00. The van der Waals surface area contributed by atoms with Gasteiger partial charge in [-0.1, -0.05) is 76.2 Å². The average Bonchev–Trinajstić information content (AvgIpc) is 3.42. The number of thioether (sulfide) groups is 1. The van der Waals surface area contributed by atoms with Crippen molar-refractivity contribution in [1.29, 1.82) is 0 Å². The predicted octanol–water partition coefficient (Wildman–Crippen LogP) is 6.29. The molecule has 0 aliphatic heterocycles. The van der Waals surface area contributed by atoms with E-state index in [2.05, 4.69) is 41.3 Å². The topological polar surface area (TPSA) is 109 Å². The summed E-state index contributed by atoms with van der Waals surface area (Å²) in [4.78, 5) is 15.3. The van der Waals surface area contributed by atoms with Gasteiger partial charge in [-0.05, 0) is 30.3 Å². The van der Waals surface area contributed by atoms with Crippen molar-refractivity contribution in [3.05, 3.63) is 83.3 Å². The van der Waals surface area contributed by atoms with Crippen molar-refractivity contribution in [3.8, 4) is 23.0 Å². The van der Waals surface area contributed by atoms with Crippen LogP contribution in [0.2, 0.25) is 0 Å². The summed E-state index contributed by atoms with van der Waals surface area (Å²) in [6.07, 6.45) is 0. The average molecular weight is 533 g/mol. The van der Waals surface area contributed by atoms with E-state index in [4.69, 9.17) is 0 Å². The third kappa shape index (κ3) is 4.50. The number of H-pyrrole nitrogens is 1. The van der Waals surface area contributed by atoms with Gasteiger partial charge >= 0.3 is 0 Å². The number of benzene rings is 3. The highest BCUT2D eigenvalue weighted by Crippen LogP contribution is 2.35. The lowest BCUT2D eigenvalue weighted by molar-refractivity contribution is -0.115. The van der Waals surface area contributed by atoms with E-state index < -0.39 is 5.91 Å². The molecule has 1 amide bonds. The molecule has 0 saturated heterocycles. The number of carbonyl (C=O) groups is 1. The van der Waals surface area contributed by atoms with Crippen LogP contribution in [0, 0.1) is 0 Å². The fourth-order valence-electron chi connectivity index (χ4n) is 3.43. The van der Waals surface area contributed by atoms with E-state index in [1.54, 1.807) is 6.07 Å². The SMILES string of the molecule is O=C(CSc1nnc(-c2ccc(Br)cc2)n1-c1ccccc1)N=Nc1c(O)[nH]c2ccccc12. The van der Waals surface area contributed by atoms with Gasteiger partial charge in [0.05, 0.1) is 11.3 Å². The Morgan fingerprint density at radius 1 is 1.00 bits per heavy atom. The zero-order valence-electron chi connectivity index (χ0n) is 17.6. The standard InChI is InChI=1S/C24H17BrN6O2S/c25-16-12-10-15(11-13-16)22-29-30-24(31(22)17-6-2-1-3-7-17)34-14-20(32)27-28-21-18-8-4-5-9-19(18)26-23(21)33/h1-13,26,33H,14H2. The van der Waals surface area contributed by atoms with Crippen LogP contribution in [-0.2, 0) is 4.79 Å². The van der Waals surface area contributed by atoms with Crippen molar-refractivity contribution < 1.29 is 9.90 Å². The molecule has 0 radical (unpaired) electrons. The Labute approximate surface area is 206 Å². The monoisotopic (exact) mass is 532 g/mol. The summed E-state index contributed by atoms with van der Waals surface area (Å²) in [5.41, 5.74) is 2.73. The highest BCUT2D eigenvalue weighted by molar-refractivity contribution is 9.10. The number of aromatic hydroxyl groups is 1. The number of nitrogens with one attached hydrogen (secondary N) is 1. The summed E-state index contributed by atoms with van der Waals surface area (Å²) in [7, 11) is 0. The summed E-state index contributed by atoms with van der Waals surface area (Å²) in [5, 5.41) is 27.8. The molecule has 2 heterocycles. The molecular formula is C24H17BrN6O2S. The molecule has 0 aliphatic rings. The van der Waals surface area contributed by atoms with Crippen molar-refractivity contribution in [2.45, 2.75) is 5.16 Å². The first-order valence-corrected chi connectivity index (χ1v) is 12.0. The highest BCUT2D eigenvalue weighted by Gasteiger charge is 2.17. The van der Waals surface area contributed by atoms with Gasteiger partial charge in [-0.3, -0.25) is 9.36 Å². The molecule has 0 spiro atoms. The molecule has 0 bridgehead atoms. The lowest BCUT2D eigenvalue weighted by atomic mass is 10.2. The number of para-hydroxylation sites is 2. The first-order chi connectivity index (χ1) is 16.6. The molecule has 0 saturated carbocycles. The second-order valence-electron chi connectivity index (χ2n) is 7.23. The van der Waals surface area contributed by atoms with Gasteiger partial charge < -0.3 is 10.1 Å². The molecule has 0 unspecified atom stereocenters. The normalized spacial score (nSPS) is 11.4. The Kier molecular flexibility index (Phi) is 6.24. The van der Waals surface area contributed by atoms with Crippen molar-refractivity contribution in [2.75, 3.05) is 5.75 Å². The van der Waals surface area contributed by atoms with Gasteiger partial charge in [-0.25, -0.2) is 0 Å². The Balaban J connectivity index is 1.39. The molecule has 10 heteroatoms. The van der Waals surface area contributed by atoms with Crippen LogP contribution in [0.15, 0.2) is 98.7 Å². The minimum absolute atomic E-state index is 0.0118. The number of azo groups is 1. The zero-order chi connectivity index (χ0) is 23.5. The van der Waals surface area contributed by atoms with Gasteiger partial charge in [-0.15, -0.1) is 20.4 Å². The molecule has 8 nitrogen and oxygen atoms in total. The number of halogens is 1. The van der Waals surface area contributed by atoms with Gasteiger partial charge in [0.15, 0.2) is 16.7 Å². The molecule has 5 aromatic rings. The van der Waals surface area contributed by atoms with Gasteiger partial charge in [-0.2, -0.15) is 0 Å². The number of amides is 1. The highest BCUT2D eigenvalue weighted by atomic mass is 79.9. The number of rotatable bonds is 6. The first-order valence-electron chi connectivity index (χ1n) is 10.2. The molecule has 0 aliphatic carbocycles. The number of aromatic amines is 1. The van der Waals surface area contributed by atoms with Crippen molar-refractivity contribution in [1.82, 2.24) is 19.7 Å². The molecule has 2 aromatic heterocycles. The van der Waals surface area contributed by atoms with Crippen molar-refractivity contribution in [3.63, 3.8) is 0 Å². The summed E-state index contributed by atoms with van der Waals surface area (Å²) in [5.74, 6) is 0.0904. The lowest BCUT2D eigenvalue weighted by Crippen LogP contribution is -2.02. The molecule has 3 aromatic carbocycles. The Bertz CT molecular complexity index is 1500. The number of nitrogens with zero attached hydrogens (tertiary/aromatic N) is 5. The number of carbonyl (C=O) groups excluding carboxylic acids is 1. The van der Waals surface area contributed by atoms with Crippen molar-refractivity contribution in [2.24, 2.45) is 10.2 Å². The summed E-state index contributed by atoms with van der Waals surface area (Å²) < 4.78 is 2.87. The fourth-order valence-corrected chi connectivity index (χ4v) is 4.43. The summed E-state index contributed by atoms with van der Waals surface area (Å²) in [6.45, 7) is 0. The largest absolute Gasteiger partial charge is 0.493 e. The van der Waals surface area contributed by atoms with E-state index in [0.29, 0.717) is 21.9 Å². The van der Waals surface area contributed by atoms with Crippen LogP contribution in [0.4, 0.5) is 5.69 Å². The number of hydrogen-bond donors (Lipinski definition) is 2. The lowest BCUT2D eigenvalue weighted by Gasteiger charge is -2.10. The zero-order valence-corrected chi connectivity index (χ0v) is 20.0. The molecule has 0 atom stereocenters. The number of hydrogen-bond acceptors (Lipinski definition) is 6. The molecule has 168 valence electrons. The second kappa shape index (κ2) is 9.62. The minimum Gasteiger partial charge on any atom is -0.493 e. The first kappa shape index (κ1) is 22.1. The van der Waals surface area contributed by atoms with Crippen LogP contribution in [0.25, 0.3) is 28.0 Å². The quantitative estimate of drug-likeness (QED) is 0.197. The molecule has 2 N–H and O–H groups in total. The van der Waals surface area contributed by atoms with Gasteiger partial charge in [0.2, 0.25) is 5.88 Å². The van der Waals surface area contributed by atoms with E-state index in [9.17, 15) is 9.90 Å². The predicted molar refractivity (Wildman–Crippen MR) is 135 cm³/mol. The van der Waals surface area contributed by atoms with Crippen LogP contribution >= 0.6 is 27.7 Å². The van der Waals surface area contributed by atoms with E-state index >= 15 is 0 Å². The van der Waals surface area contributed by atoms with E-state index in [0.717, 1.165) is 15.7 Å². The Hall–Kier alpha value is -3.76. The van der Waals surface area contributed by atoms with Crippen LogP contribution in [0.1, 0.15) is 0 Å². The maximum atomic E-state index is 12.5. The van der Waals surface area contributed by atoms with E-state index in [1.807, 2.05) is 77.4 Å². The van der Waals surface area contributed by atoms with E-state index in [-0.39, 0.29) is 17.3 Å². The molecule has 0 fully saturated rings. The Morgan fingerprint density at radius 2 is 1.74 bits per heavy atom. The summed E-state index contributed by atoms with van der Waals surface area (Å²) in [6, 6.07) is 24.8. The molecular weight excluding hydrogens is 516 g/mol. The van der Waals surface area contributed by atoms with Gasteiger partial charge in [0.25, 0.3) is 5.91 Å². The molecule has 34 heavy (non-hydrogen) atoms. The van der Waals surface area contributed by atoms with E-state index in [1.165, 1.54) is 11.8 Å².